The van der Waals surface area contributed by atoms with Crippen LogP contribution in [-0.2, 0) is 0 Å². The fraction of sp³-hybridized carbons (Fsp3) is 0.733. The van der Waals surface area contributed by atoms with Crippen molar-refractivity contribution in [2.45, 2.75) is 64.6 Å². The number of hydrogen-bond acceptors (Lipinski definition) is 0. The number of hydrogen-bond donors (Lipinski definition) is 0. The van der Waals surface area contributed by atoms with E-state index in [4.69, 9.17) is 0 Å². The van der Waals surface area contributed by atoms with E-state index < -0.39 is 8.07 Å². The Morgan fingerprint density at radius 2 is 1.88 bits per heavy atom. The van der Waals surface area contributed by atoms with Gasteiger partial charge in [-0.25, -0.2) is 0 Å². The Morgan fingerprint density at radius 1 is 1.19 bits per heavy atom. The van der Waals surface area contributed by atoms with Crippen LogP contribution in [0.25, 0.3) is 0 Å². The third kappa shape index (κ3) is 2.68. The van der Waals surface area contributed by atoms with Crippen LogP contribution in [0.5, 0.6) is 0 Å². The minimum absolute atomic E-state index is 0.664. The molecule has 2 rings (SSSR count). The lowest BCUT2D eigenvalue weighted by molar-refractivity contribution is 0.242. The molecule has 0 heterocycles. The van der Waals surface area contributed by atoms with E-state index in [1.807, 2.05) is 0 Å². The summed E-state index contributed by atoms with van der Waals surface area (Å²) in [4.78, 5) is 0. The summed E-state index contributed by atoms with van der Waals surface area (Å²) in [7, 11) is -1.13. The first kappa shape index (κ1) is 12.2. The molecule has 0 bridgehead atoms. The molecule has 0 aromatic heterocycles. The van der Waals surface area contributed by atoms with Gasteiger partial charge in [-0.05, 0) is 30.7 Å². The molecule has 0 unspecified atom stereocenters. The largest absolute Gasteiger partial charge is 0.0809 e. The normalized spacial score (nSPS) is 24.6. The van der Waals surface area contributed by atoms with E-state index in [9.17, 15) is 0 Å². The number of rotatable bonds is 3. The summed E-state index contributed by atoms with van der Waals surface area (Å²) in [6.45, 7) is 7.70. The predicted octanol–water partition coefficient (Wildman–Crippen LogP) is 5.09. The Bertz CT molecular complexity index is 303. The molecular formula is C15H26Si. The molecule has 0 saturated heterocycles. The van der Waals surface area contributed by atoms with E-state index in [1.54, 1.807) is 5.20 Å². The molecule has 1 fully saturated rings. The van der Waals surface area contributed by atoms with Crippen molar-refractivity contribution in [3.05, 3.63) is 23.4 Å². The topological polar surface area (TPSA) is 0 Å². The van der Waals surface area contributed by atoms with Gasteiger partial charge in [-0.15, -0.1) is 0 Å². The maximum atomic E-state index is 2.58. The van der Waals surface area contributed by atoms with E-state index in [0.717, 1.165) is 0 Å². The summed E-state index contributed by atoms with van der Waals surface area (Å²) in [5, 5.41) is 1.78. The Labute approximate surface area is 102 Å². The lowest BCUT2D eigenvalue weighted by Gasteiger charge is -2.40. The monoisotopic (exact) mass is 234 g/mol. The minimum atomic E-state index is -1.13. The predicted molar refractivity (Wildman–Crippen MR) is 75.3 cm³/mol. The molecule has 1 saturated carbocycles. The van der Waals surface area contributed by atoms with Gasteiger partial charge in [0.05, 0.1) is 8.07 Å². The van der Waals surface area contributed by atoms with Gasteiger partial charge in [-0.2, -0.15) is 0 Å². The van der Waals surface area contributed by atoms with Gasteiger partial charge in [-0.3, -0.25) is 0 Å². The van der Waals surface area contributed by atoms with Gasteiger partial charge >= 0.3 is 0 Å². The third-order valence-electron chi connectivity index (χ3n) is 4.57. The van der Waals surface area contributed by atoms with Crippen molar-refractivity contribution in [1.82, 2.24) is 0 Å². The van der Waals surface area contributed by atoms with E-state index in [1.165, 1.54) is 44.6 Å². The highest BCUT2D eigenvalue weighted by atomic mass is 28.3. The van der Waals surface area contributed by atoms with Crippen molar-refractivity contribution in [3.63, 3.8) is 0 Å². The Kier molecular flexibility index (Phi) is 3.44. The molecule has 16 heavy (non-hydrogen) atoms. The molecule has 2 aliphatic rings. The Balaban J connectivity index is 2.01. The fourth-order valence-corrected chi connectivity index (χ4v) is 7.64. The second kappa shape index (κ2) is 4.52. The summed E-state index contributed by atoms with van der Waals surface area (Å²) in [6.07, 6.45) is 15.6. The van der Waals surface area contributed by atoms with Gasteiger partial charge in [0.25, 0.3) is 0 Å². The molecule has 1 heteroatoms. The Morgan fingerprint density at radius 3 is 2.44 bits per heavy atom. The van der Waals surface area contributed by atoms with Gasteiger partial charge in [-0.1, -0.05) is 62.7 Å². The SMILES string of the molecule is CC1(C[Si](C)(C)C2=CC=CC2)CCCCC1. The van der Waals surface area contributed by atoms with E-state index >= 15 is 0 Å². The highest BCUT2D eigenvalue weighted by Gasteiger charge is 2.36. The molecule has 0 aliphatic heterocycles. The van der Waals surface area contributed by atoms with Crippen molar-refractivity contribution in [2.75, 3.05) is 0 Å². The zero-order chi connectivity index (χ0) is 11.6. The minimum Gasteiger partial charge on any atom is -0.0809 e. The molecule has 0 radical (unpaired) electrons. The van der Waals surface area contributed by atoms with Crippen LogP contribution in [0, 0.1) is 5.41 Å². The van der Waals surface area contributed by atoms with Gasteiger partial charge in [0, 0.05) is 0 Å². The Hall–Kier alpha value is -0.303. The first-order chi connectivity index (χ1) is 7.52. The standard InChI is InChI=1S/C15H26Si/c1-15(11-7-4-8-12-15)13-16(2,3)14-9-5-6-10-14/h5-6,9H,4,7-8,10-13H2,1-3H3. The summed E-state index contributed by atoms with van der Waals surface area (Å²) >= 11 is 0. The molecule has 0 aromatic rings. The van der Waals surface area contributed by atoms with E-state index in [2.05, 4.69) is 38.2 Å². The van der Waals surface area contributed by atoms with E-state index in [-0.39, 0.29) is 0 Å². The molecule has 0 amide bonds. The average Bonchev–Trinajstić information content (AvgIpc) is 2.70. The van der Waals surface area contributed by atoms with Crippen LogP contribution in [-0.4, -0.2) is 8.07 Å². The number of allylic oxidation sites excluding steroid dienone is 4. The lowest BCUT2D eigenvalue weighted by Crippen LogP contribution is -2.36. The van der Waals surface area contributed by atoms with Crippen molar-refractivity contribution >= 4 is 8.07 Å². The van der Waals surface area contributed by atoms with E-state index in [0.29, 0.717) is 5.41 Å². The second-order valence-corrected chi connectivity index (χ2v) is 11.5. The molecule has 0 N–H and O–H groups in total. The van der Waals surface area contributed by atoms with Gasteiger partial charge in [0.15, 0.2) is 0 Å². The van der Waals surface area contributed by atoms with Crippen LogP contribution in [0.2, 0.25) is 19.1 Å². The first-order valence-corrected chi connectivity index (χ1v) is 10.1. The van der Waals surface area contributed by atoms with Gasteiger partial charge < -0.3 is 0 Å². The van der Waals surface area contributed by atoms with Crippen molar-refractivity contribution in [2.24, 2.45) is 5.41 Å². The third-order valence-corrected chi connectivity index (χ3v) is 8.42. The first-order valence-electron chi connectivity index (χ1n) is 6.88. The molecule has 0 aromatic carbocycles. The van der Waals surface area contributed by atoms with Crippen LogP contribution >= 0.6 is 0 Å². The maximum absolute atomic E-state index is 2.58. The summed E-state index contributed by atoms with van der Waals surface area (Å²) in [5.74, 6) is 0. The zero-order valence-corrected chi connectivity index (χ0v) is 12.2. The summed E-state index contributed by atoms with van der Waals surface area (Å²) in [6, 6.07) is 1.51. The molecule has 2 aliphatic carbocycles. The smallest absolute Gasteiger partial charge is 0.0764 e. The second-order valence-electron chi connectivity index (χ2n) is 6.76. The van der Waals surface area contributed by atoms with Crippen LogP contribution in [0.15, 0.2) is 23.4 Å². The molecule has 90 valence electrons. The van der Waals surface area contributed by atoms with Crippen LogP contribution in [0.4, 0.5) is 0 Å². The van der Waals surface area contributed by atoms with Crippen molar-refractivity contribution in [3.8, 4) is 0 Å². The maximum Gasteiger partial charge on any atom is 0.0764 e. The van der Waals surface area contributed by atoms with Crippen molar-refractivity contribution in [1.29, 1.82) is 0 Å². The highest BCUT2D eigenvalue weighted by molar-refractivity contribution is 6.84. The van der Waals surface area contributed by atoms with Gasteiger partial charge in [0.1, 0.15) is 0 Å². The van der Waals surface area contributed by atoms with Crippen molar-refractivity contribution < 1.29 is 0 Å². The highest BCUT2D eigenvalue weighted by Crippen LogP contribution is 2.44. The molecular weight excluding hydrogens is 208 g/mol. The molecule has 0 spiro atoms. The fourth-order valence-electron chi connectivity index (χ4n) is 3.71. The van der Waals surface area contributed by atoms with Crippen LogP contribution in [0.3, 0.4) is 0 Å². The summed E-state index contributed by atoms with van der Waals surface area (Å²) < 4.78 is 0. The van der Waals surface area contributed by atoms with Crippen LogP contribution in [0.1, 0.15) is 45.4 Å². The molecule has 0 nitrogen and oxygen atoms in total. The van der Waals surface area contributed by atoms with Gasteiger partial charge in [0.2, 0.25) is 0 Å². The molecule has 0 atom stereocenters. The zero-order valence-electron chi connectivity index (χ0n) is 11.2. The lowest BCUT2D eigenvalue weighted by atomic mass is 9.77. The van der Waals surface area contributed by atoms with Crippen LogP contribution < -0.4 is 0 Å². The summed E-state index contributed by atoms with van der Waals surface area (Å²) in [5.41, 5.74) is 0.664. The average molecular weight is 234 g/mol. The quantitative estimate of drug-likeness (QED) is 0.597.